The number of fused-ring (bicyclic) bond motifs is 1. The highest BCUT2D eigenvalue weighted by atomic mass is 32.1. The molecule has 0 aliphatic rings. The van der Waals surface area contributed by atoms with Crippen LogP contribution in [0.5, 0.6) is 0 Å². The van der Waals surface area contributed by atoms with E-state index in [1.54, 1.807) is 39.0 Å². The lowest BCUT2D eigenvalue weighted by atomic mass is 9.95. The van der Waals surface area contributed by atoms with Crippen molar-refractivity contribution in [2.75, 3.05) is 0 Å². The average Bonchev–Trinajstić information content (AvgIpc) is 2.61. The summed E-state index contributed by atoms with van der Waals surface area (Å²) in [6, 6.07) is 4.97. The Morgan fingerprint density at radius 3 is 2.37 bits per heavy atom. The van der Waals surface area contributed by atoms with Crippen LogP contribution in [0.2, 0.25) is 0 Å². The predicted octanol–water partition coefficient (Wildman–Crippen LogP) is 2.95. The van der Waals surface area contributed by atoms with Gasteiger partial charge in [-0.25, -0.2) is 4.57 Å². The van der Waals surface area contributed by atoms with Crippen LogP contribution in [-0.2, 0) is 0 Å². The highest BCUT2D eigenvalue weighted by Crippen LogP contribution is 2.23. The van der Waals surface area contributed by atoms with Gasteiger partial charge in [0, 0.05) is 11.0 Å². The van der Waals surface area contributed by atoms with Crippen LogP contribution in [0.3, 0.4) is 0 Å². The Hall–Kier alpha value is -1.75. The van der Waals surface area contributed by atoms with Gasteiger partial charge in [0.2, 0.25) is 5.91 Å². The number of thiazole rings is 1. The van der Waals surface area contributed by atoms with Gasteiger partial charge in [-0.2, -0.15) is 0 Å². The van der Waals surface area contributed by atoms with Gasteiger partial charge in [0.05, 0.1) is 10.2 Å². The molecule has 0 saturated carbocycles. The van der Waals surface area contributed by atoms with Gasteiger partial charge in [-0.3, -0.25) is 14.4 Å². The number of carbonyl (C=O) groups is 2. The van der Waals surface area contributed by atoms with E-state index in [4.69, 9.17) is 0 Å². The molecule has 1 aromatic heterocycles. The number of ketones is 1. The first-order valence-electron chi connectivity index (χ1n) is 5.93. The van der Waals surface area contributed by atoms with E-state index in [9.17, 15) is 14.4 Å². The summed E-state index contributed by atoms with van der Waals surface area (Å²) in [6.45, 7) is 6.79. The van der Waals surface area contributed by atoms with Gasteiger partial charge in [0.15, 0.2) is 5.78 Å². The van der Waals surface area contributed by atoms with E-state index in [0.717, 1.165) is 11.3 Å². The maximum atomic E-state index is 12.3. The number of hydrogen-bond donors (Lipinski definition) is 0. The number of hydrogen-bond acceptors (Lipinski definition) is 4. The summed E-state index contributed by atoms with van der Waals surface area (Å²) in [5.41, 5.74) is 0.487. The molecule has 0 aliphatic heterocycles. The largest absolute Gasteiger partial charge is 0.314 e. The normalized spacial score (nSPS) is 11.8. The first-order valence-corrected chi connectivity index (χ1v) is 6.75. The molecule has 0 saturated heterocycles. The standard InChI is InChI=1S/C14H15NO3S/c1-8(16)9-5-6-10-11(7-9)19-13(18)15(10)12(17)14(2,3)4/h5-7H,1-4H3. The van der Waals surface area contributed by atoms with Crippen LogP contribution in [0.15, 0.2) is 23.0 Å². The van der Waals surface area contributed by atoms with Gasteiger partial charge < -0.3 is 0 Å². The highest BCUT2D eigenvalue weighted by Gasteiger charge is 2.26. The van der Waals surface area contributed by atoms with Crippen LogP contribution in [0.4, 0.5) is 0 Å². The van der Waals surface area contributed by atoms with Gasteiger partial charge in [-0.1, -0.05) is 32.1 Å². The fraction of sp³-hybridized carbons (Fsp3) is 0.357. The van der Waals surface area contributed by atoms with Crippen molar-refractivity contribution in [3.05, 3.63) is 33.4 Å². The number of Topliss-reactive ketones (excluding diaryl/α,β-unsaturated/α-hetero) is 1. The molecule has 0 N–H and O–H groups in total. The van der Waals surface area contributed by atoms with Crippen molar-refractivity contribution < 1.29 is 9.59 Å². The molecule has 0 spiro atoms. The monoisotopic (exact) mass is 277 g/mol. The second-order valence-corrected chi connectivity index (χ2v) is 6.49. The molecule has 19 heavy (non-hydrogen) atoms. The van der Waals surface area contributed by atoms with Crippen LogP contribution in [-0.4, -0.2) is 16.3 Å². The Balaban J connectivity index is 2.71. The summed E-state index contributed by atoms with van der Waals surface area (Å²) < 4.78 is 1.86. The second kappa shape index (κ2) is 4.42. The summed E-state index contributed by atoms with van der Waals surface area (Å²) in [5.74, 6) is -0.296. The lowest BCUT2D eigenvalue weighted by Gasteiger charge is -2.16. The third-order valence-corrected chi connectivity index (χ3v) is 3.74. The first kappa shape index (κ1) is 13.7. The van der Waals surface area contributed by atoms with E-state index in [0.29, 0.717) is 15.8 Å². The minimum Gasteiger partial charge on any atom is -0.295 e. The maximum absolute atomic E-state index is 12.3. The van der Waals surface area contributed by atoms with Crippen LogP contribution >= 0.6 is 11.3 Å². The number of carbonyl (C=O) groups excluding carboxylic acids is 2. The number of aromatic nitrogens is 1. The minimum atomic E-state index is -0.628. The molecule has 4 nitrogen and oxygen atoms in total. The third-order valence-electron chi connectivity index (χ3n) is 2.83. The van der Waals surface area contributed by atoms with Gasteiger partial charge in [-0.15, -0.1) is 0 Å². The molecular formula is C14H15NO3S. The second-order valence-electron chi connectivity index (χ2n) is 5.50. The quantitative estimate of drug-likeness (QED) is 0.753. The third kappa shape index (κ3) is 2.38. The van der Waals surface area contributed by atoms with E-state index in [1.165, 1.54) is 11.5 Å². The molecule has 5 heteroatoms. The van der Waals surface area contributed by atoms with E-state index >= 15 is 0 Å². The molecule has 2 aromatic rings. The Morgan fingerprint density at radius 2 is 1.84 bits per heavy atom. The van der Waals surface area contributed by atoms with Crippen molar-refractivity contribution in [2.45, 2.75) is 27.7 Å². The van der Waals surface area contributed by atoms with E-state index < -0.39 is 5.41 Å². The van der Waals surface area contributed by atoms with Crippen LogP contribution in [0.25, 0.3) is 10.2 Å². The lowest BCUT2D eigenvalue weighted by Crippen LogP contribution is -2.32. The van der Waals surface area contributed by atoms with Crippen molar-refractivity contribution in [3.63, 3.8) is 0 Å². The zero-order valence-corrected chi connectivity index (χ0v) is 12.1. The van der Waals surface area contributed by atoms with Gasteiger partial charge in [0.1, 0.15) is 0 Å². The van der Waals surface area contributed by atoms with Gasteiger partial charge in [-0.05, 0) is 25.1 Å². The van der Waals surface area contributed by atoms with Gasteiger partial charge >= 0.3 is 4.87 Å². The summed E-state index contributed by atoms with van der Waals surface area (Å²) in [7, 11) is 0. The molecule has 0 radical (unpaired) electrons. The summed E-state index contributed by atoms with van der Waals surface area (Å²) in [6.07, 6.45) is 0. The Labute approximate surface area is 114 Å². The average molecular weight is 277 g/mol. The van der Waals surface area contributed by atoms with Crippen LogP contribution < -0.4 is 4.87 Å². The van der Waals surface area contributed by atoms with Crippen molar-refractivity contribution >= 4 is 33.2 Å². The lowest BCUT2D eigenvalue weighted by molar-refractivity contribution is 0.0770. The minimum absolute atomic E-state index is 0.0588. The SMILES string of the molecule is CC(=O)c1ccc2c(c1)sc(=O)n2C(=O)C(C)(C)C. The summed E-state index contributed by atoms with van der Waals surface area (Å²) >= 11 is 0.989. The molecule has 0 fully saturated rings. The van der Waals surface area contributed by atoms with Crippen LogP contribution in [0, 0.1) is 5.41 Å². The van der Waals surface area contributed by atoms with Crippen molar-refractivity contribution in [1.29, 1.82) is 0 Å². The van der Waals surface area contributed by atoms with Crippen molar-refractivity contribution in [3.8, 4) is 0 Å². The molecule has 0 bridgehead atoms. The zero-order chi connectivity index (χ0) is 14.4. The molecule has 0 aliphatic carbocycles. The maximum Gasteiger partial charge on any atom is 0.314 e. The Kier molecular flexibility index (Phi) is 3.18. The van der Waals surface area contributed by atoms with Crippen molar-refractivity contribution in [2.24, 2.45) is 5.41 Å². The highest BCUT2D eigenvalue weighted by molar-refractivity contribution is 7.16. The van der Waals surface area contributed by atoms with Gasteiger partial charge in [0.25, 0.3) is 0 Å². The molecule has 1 aromatic carbocycles. The fourth-order valence-corrected chi connectivity index (χ4v) is 2.68. The fourth-order valence-electron chi connectivity index (χ4n) is 1.77. The van der Waals surface area contributed by atoms with Crippen LogP contribution in [0.1, 0.15) is 42.8 Å². The molecule has 0 unspecified atom stereocenters. The van der Waals surface area contributed by atoms with Crippen molar-refractivity contribution in [1.82, 2.24) is 4.57 Å². The number of benzene rings is 1. The van der Waals surface area contributed by atoms with E-state index in [-0.39, 0.29) is 16.6 Å². The smallest absolute Gasteiger partial charge is 0.295 e. The molecule has 1 heterocycles. The first-order chi connectivity index (χ1) is 8.71. The summed E-state index contributed by atoms with van der Waals surface area (Å²) in [5, 5.41) is 0. The van der Waals surface area contributed by atoms with E-state index in [2.05, 4.69) is 0 Å². The number of nitrogens with zero attached hydrogens (tertiary/aromatic N) is 1. The molecule has 0 atom stereocenters. The number of rotatable bonds is 1. The Bertz CT molecular complexity index is 731. The Morgan fingerprint density at radius 1 is 1.21 bits per heavy atom. The summed E-state index contributed by atoms with van der Waals surface area (Å²) in [4.78, 5) is 35.3. The molecular weight excluding hydrogens is 262 g/mol. The molecule has 0 amide bonds. The predicted molar refractivity (Wildman–Crippen MR) is 76.2 cm³/mol. The van der Waals surface area contributed by atoms with E-state index in [1.807, 2.05) is 0 Å². The zero-order valence-electron chi connectivity index (χ0n) is 11.3. The molecule has 2 rings (SSSR count). The molecule has 100 valence electrons. The topological polar surface area (TPSA) is 56.1 Å².